The molecule has 0 fully saturated rings. The van der Waals surface area contributed by atoms with Crippen molar-refractivity contribution in [1.29, 1.82) is 0 Å². The first kappa shape index (κ1) is 50.6. The molecule has 6 aromatic rings. The lowest BCUT2D eigenvalue weighted by Crippen LogP contribution is -2.41. The highest BCUT2D eigenvalue weighted by Crippen LogP contribution is 2.29. The Morgan fingerprint density at radius 1 is 0.523 bits per heavy atom. The Hall–Kier alpha value is -7.01. The van der Waals surface area contributed by atoms with Crippen LogP contribution in [0, 0.1) is 0 Å². The van der Waals surface area contributed by atoms with Crippen LogP contribution in [0.25, 0.3) is 22.3 Å². The molecule has 2 heterocycles. The predicted octanol–water partition coefficient (Wildman–Crippen LogP) is 8.30. The van der Waals surface area contributed by atoms with Crippen LogP contribution in [-0.4, -0.2) is 91.8 Å². The minimum atomic E-state index is -1.07. The number of carbonyl (C=O) groups is 6. The molecule has 4 amide bonds. The molecule has 0 saturated carbocycles. The number of aromatic nitrogens is 2. The number of thioether (sulfide) groups is 2. The molecule has 2 atom stereocenters. The van der Waals surface area contributed by atoms with E-state index in [0.717, 1.165) is 11.1 Å². The van der Waals surface area contributed by atoms with Crippen molar-refractivity contribution in [3.8, 4) is 22.3 Å². The molecule has 4 aromatic carbocycles. The van der Waals surface area contributed by atoms with Gasteiger partial charge < -0.3 is 31.5 Å². The van der Waals surface area contributed by atoms with Gasteiger partial charge in [0, 0.05) is 47.3 Å². The van der Waals surface area contributed by atoms with Crippen molar-refractivity contribution in [2.24, 2.45) is 0 Å². The van der Waals surface area contributed by atoms with Crippen LogP contribution < -0.4 is 21.3 Å². The summed E-state index contributed by atoms with van der Waals surface area (Å²) in [4.78, 5) is 82.0. The number of carboxylic acid groups (broad SMARTS) is 2. The number of rotatable bonds is 18. The van der Waals surface area contributed by atoms with Gasteiger partial charge in [0.15, 0.2) is 0 Å². The summed E-state index contributed by atoms with van der Waals surface area (Å²) < 4.78 is 0. The quantitative estimate of drug-likeness (QED) is 0.0480. The number of halogens is 1. The molecule has 0 bridgehead atoms. The molecule has 65 heavy (non-hydrogen) atoms. The first-order chi connectivity index (χ1) is 31.0. The lowest BCUT2D eigenvalue weighted by molar-refractivity contribution is -0.140. The molecule has 0 unspecified atom stereocenters. The van der Waals surface area contributed by atoms with Crippen molar-refractivity contribution in [2.75, 3.05) is 34.7 Å². The van der Waals surface area contributed by atoms with Crippen molar-refractivity contribution in [2.45, 2.75) is 24.9 Å². The van der Waals surface area contributed by atoms with Crippen LogP contribution >= 0.6 is 35.9 Å². The number of carboxylic acids is 2. The second-order valence-corrected chi connectivity index (χ2v) is 15.9. The van der Waals surface area contributed by atoms with Crippen molar-refractivity contribution >= 4 is 82.9 Å². The highest BCUT2D eigenvalue weighted by Gasteiger charge is 2.24. The van der Waals surface area contributed by atoms with Gasteiger partial charge in [0.05, 0.1) is 11.1 Å². The number of nitrogens with zero attached hydrogens (tertiary/aromatic N) is 2. The average Bonchev–Trinajstić information content (AvgIpc) is 3.32. The summed E-state index contributed by atoms with van der Waals surface area (Å²) in [5.41, 5.74) is 5.19. The number of amides is 4. The molecule has 0 aliphatic heterocycles. The molecule has 14 nitrogen and oxygen atoms in total. The first-order valence-corrected chi connectivity index (χ1v) is 22.6. The van der Waals surface area contributed by atoms with Gasteiger partial charge in [-0.2, -0.15) is 23.5 Å². The number of hydrogen-bond acceptors (Lipinski definition) is 10. The molecule has 6 rings (SSSR count). The normalized spacial score (nSPS) is 11.2. The van der Waals surface area contributed by atoms with E-state index in [1.54, 1.807) is 73.1 Å². The van der Waals surface area contributed by atoms with Crippen LogP contribution in [0.5, 0.6) is 0 Å². The van der Waals surface area contributed by atoms with E-state index in [2.05, 4.69) is 31.2 Å². The molecule has 17 heteroatoms. The Bertz CT molecular complexity index is 2370. The third-order valence-corrected chi connectivity index (χ3v) is 10.8. The van der Waals surface area contributed by atoms with Crippen LogP contribution in [0.2, 0.25) is 0 Å². The molecular formula is C48H47ClN6O8S2. The zero-order valence-electron chi connectivity index (χ0n) is 35.3. The van der Waals surface area contributed by atoms with Gasteiger partial charge in [-0.3, -0.25) is 29.1 Å². The Morgan fingerprint density at radius 3 is 1.23 bits per heavy atom. The maximum atomic E-state index is 13.0. The van der Waals surface area contributed by atoms with E-state index in [-0.39, 0.29) is 24.2 Å². The number of hydrogen-bond donors (Lipinski definition) is 6. The Balaban J connectivity index is 0.000000280. The standard InChI is InChI=1S/2C24H23N3O4S.ClH/c2*1-32-13-11-21(24(30)31)27-23(29)19-10-9-18(14-20(19)16-6-3-2-4-7-16)26-22(28)17-8-5-12-25-15-17;/h2*2-10,12,14-15,21H,11,13H2,1H3,(H,26,28)(H,27,29)(H,30,31);1H/t2*21-;/m00./s1. The van der Waals surface area contributed by atoms with E-state index >= 15 is 0 Å². The third-order valence-electron chi connectivity index (χ3n) is 9.49. The van der Waals surface area contributed by atoms with Gasteiger partial charge in [-0.1, -0.05) is 60.7 Å². The fourth-order valence-corrected chi connectivity index (χ4v) is 7.15. The van der Waals surface area contributed by atoms with Crippen molar-refractivity contribution in [1.82, 2.24) is 20.6 Å². The van der Waals surface area contributed by atoms with Crippen LogP contribution in [0.15, 0.2) is 146 Å². The lowest BCUT2D eigenvalue weighted by Gasteiger charge is -2.17. The third kappa shape index (κ3) is 15.1. The molecule has 336 valence electrons. The Morgan fingerprint density at radius 2 is 0.908 bits per heavy atom. The maximum absolute atomic E-state index is 13.0. The van der Waals surface area contributed by atoms with E-state index in [0.29, 0.717) is 69.1 Å². The number of pyridine rings is 2. The molecule has 2 aromatic heterocycles. The van der Waals surface area contributed by atoms with Crippen LogP contribution in [-0.2, 0) is 9.59 Å². The molecular weight excluding hydrogens is 888 g/mol. The minimum Gasteiger partial charge on any atom is -0.480 e. The second kappa shape index (κ2) is 25.9. The largest absolute Gasteiger partial charge is 0.480 e. The van der Waals surface area contributed by atoms with E-state index < -0.39 is 35.8 Å². The van der Waals surface area contributed by atoms with Crippen molar-refractivity contribution < 1.29 is 39.0 Å². The van der Waals surface area contributed by atoms with E-state index in [1.807, 2.05) is 73.2 Å². The molecule has 0 aliphatic rings. The topological polar surface area (TPSA) is 217 Å². The van der Waals surface area contributed by atoms with Gasteiger partial charge in [0.25, 0.3) is 23.6 Å². The van der Waals surface area contributed by atoms with Crippen molar-refractivity contribution in [3.63, 3.8) is 0 Å². The first-order valence-electron chi connectivity index (χ1n) is 19.9. The number of anilines is 2. The van der Waals surface area contributed by atoms with Gasteiger partial charge in [-0.05, 0) is 120 Å². The Kier molecular flexibility index (Phi) is 20.2. The summed E-state index contributed by atoms with van der Waals surface area (Å²) in [5, 5.41) is 29.8. The van der Waals surface area contributed by atoms with Crippen LogP contribution in [0.1, 0.15) is 54.3 Å². The fraction of sp³-hybridized carbons (Fsp3) is 0.167. The summed E-state index contributed by atoms with van der Waals surface area (Å²) >= 11 is 3.03. The highest BCUT2D eigenvalue weighted by atomic mass is 35.5. The zero-order valence-corrected chi connectivity index (χ0v) is 37.8. The monoisotopic (exact) mass is 934 g/mol. The number of carbonyl (C=O) groups excluding carboxylic acids is 4. The van der Waals surface area contributed by atoms with Gasteiger partial charge in [-0.25, -0.2) is 9.59 Å². The number of benzene rings is 4. The Labute approximate surface area is 390 Å². The summed E-state index contributed by atoms with van der Waals surface area (Å²) in [6.07, 6.45) is 10.5. The fourth-order valence-electron chi connectivity index (χ4n) is 6.21. The molecule has 0 saturated heterocycles. The van der Waals surface area contributed by atoms with E-state index in [1.165, 1.54) is 35.9 Å². The zero-order chi connectivity index (χ0) is 45.8. The second-order valence-electron chi connectivity index (χ2n) is 13.9. The molecule has 0 spiro atoms. The molecule has 0 radical (unpaired) electrons. The smallest absolute Gasteiger partial charge is 0.326 e. The highest BCUT2D eigenvalue weighted by molar-refractivity contribution is 7.98. The lowest BCUT2D eigenvalue weighted by atomic mass is 9.98. The summed E-state index contributed by atoms with van der Waals surface area (Å²) in [6, 6.07) is 33.0. The predicted molar refractivity (Wildman–Crippen MR) is 259 cm³/mol. The summed E-state index contributed by atoms with van der Waals surface area (Å²) in [7, 11) is 0. The minimum absolute atomic E-state index is 0. The number of aliphatic carboxylic acids is 2. The van der Waals surface area contributed by atoms with Crippen LogP contribution in [0.3, 0.4) is 0 Å². The number of nitrogens with one attached hydrogen (secondary N) is 4. The molecule has 6 N–H and O–H groups in total. The van der Waals surface area contributed by atoms with Gasteiger partial charge >= 0.3 is 11.9 Å². The van der Waals surface area contributed by atoms with Crippen molar-refractivity contribution in [3.05, 3.63) is 168 Å². The van der Waals surface area contributed by atoms with E-state index in [4.69, 9.17) is 0 Å². The van der Waals surface area contributed by atoms with Gasteiger partial charge in [-0.15, -0.1) is 12.4 Å². The molecule has 0 aliphatic carbocycles. The van der Waals surface area contributed by atoms with Gasteiger partial charge in [0.1, 0.15) is 12.1 Å². The summed E-state index contributed by atoms with van der Waals surface area (Å²) in [5.74, 6) is -2.54. The average molecular weight is 936 g/mol. The van der Waals surface area contributed by atoms with Crippen LogP contribution in [0.4, 0.5) is 11.4 Å². The summed E-state index contributed by atoms with van der Waals surface area (Å²) in [6.45, 7) is 0. The maximum Gasteiger partial charge on any atom is 0.326 e. The van der Waals surface area contributed by atoms with Gasteiger partial charge in [0.2, 0.25) is 0 Å². The van der Waals surface area contributed by atoms with E-state index in [9.17, 15) is 39.0 Å². The SMILES string of the molecule is CSCC[C@H](NC(=O)c1ccc(NC(=O)c2cccnc2)cc1-c1ccccc1)C(=O)O.CSCC[C@H](NC(=O)c1ccc(NC(=O)c2cccnc2)cc1-c1ccccc1)C(=O)O.Cl.